The van der Waals surface area contributed by atoms with Crippen LogP contribution in [0, 0.1) is 12.3 Å². The number of nitrogens with two attached hydrogens (primary N) is 1. The molecule has 0 saturated carbocycles. The number of aliphatic hydroxyl groups excluding tert-OH is 1. The molecule has 3 N–H and O–H groups in total. The number of pyridine rings is 1. The van der Waals surface area contributed by atoms with E-state index in [1.807, 2.05) is 29.8 Å². The van der Waals surface area contributed by atoms with Gasteiger partial charge in [-0.15, -0.1) is 12.4 Å². The van der Waals surface area contributed by atoms with E-state index in [0.717, 1.165) is 48.0 Å². The number of rotatable bonds is 6. The van der Waals surface area contributed by atoms with E-state index < -0.39 is 0 Å². The van der Waals surface area contributed by atoms with E-state index in [-0.39, 0.29) is 36.6 Å². The average molecular weight is 556 g/mol. The van der Waals surface area contributed by atoms with Crippen LogP contribution in [0.4, 0.5) is 5.82 Å². The Hall–Kier alpha value is -1.66. The molecule has 0 unspecified atom stereocenters. The van der Waals surface area contributed by atoms with Gasteiger partial charge in [0.25, 0.3) is 0 Å². The maximum Gasteiger partial charge on any atom is 0.157 e. The molecule has 5 heterocycles. The van der Waals surface area contributed by atoms with Gasteiger partial charge in [-0.1, -0.05) is 23.4 Å². The molecule has 2 fully saturated rings. The van der Waals surface area contributed by atoms with Crippen molar-refractivity contribution in [3.05, 3.63) is 40.6 Å². The molecule has 2 atom stereocenters. The molecule has 0 bridgehead atoms. The van der Waals surface area contributed by atoms with Gasteiger partial charge in [0.1, 0.15) is 10.7 Å². The zero-order chi connectivity index (χ0) is 24.7. The summed E-state index contributed by atoms with van der Waals surface area (Å²) in [5, 5.41) is 11.4. The van der Waals surface area contributed by atoms with Gasteiger partial charge >= 0.3 is 0 Å². The molecular weight excluding hydrogens is 523 g/mol. The summed E-state index contributed by atoms with van der Waals surface area (Å²) in [7, 11) is 1.64. The number of aryl methyl sites for hydroxylation is 1. The van der Waals surface area contributed by atoms with E-state index in [4.69, 9.17) is 36.8 Å². The van der Waals surface area contributed by atoms with Gasteiger partial charge in [0.2, 0.25) is 0 Å². The fraction of sp³-hybridized carbons (Fsp3) is 0.542. The summed E-state index contributed by atoms with van der Waals surface area (Å²) in [5.41, 5.74) is 9.32. The number of anilines is 1. The summed E-state index contributed by atoms with van der Waals surface area (Å²) in [5.74, 6) is 0.740. The van der Waals surface area contributed by atoms with Crippen molar-refractivity contribution in [3.63, 3.8) is 0 Å². The van der Waals surface area contributed by atoms with Gasteiger partial charge < -0.3 is 29.6 Å². The first kappa shape index (κ1) is 27.4. The van der Waals surface area contributed by atoms with Crippen LogP contribution in [0.2, 0.25) is 5.02 Å². The largest absolute Gasteiger partial charge is 0.390 e. The normalized spacial score (nSPS) is 21.3. The van der Waals surface area contributed by atoms with Crippen molar-refractivity contribution in [2.24, 2.45) is 11.1 Å². The number of halogens is 2. The van der Waals surface area contributed by atoms with Gasteiger partial charge in [-0.25, -0.2) is 15.0 Å². The highest BCUT2D eigenvalue weighted by Crippen LogP contribution is 2.42. The van der Waals surface area contributed by atoms with Crippen molar-refractivity contribution < 1.29 is 14.6 Å². The van der Waals surface area contributed by atoms with Crippen LogP contribution >= 0.6 is 35.8 Å². The van der Waals surface area contributed by atoms with Crippen molar-refractivity contribution >= 4 is 47.2 Å². The number of aliphatic hydroxyl groups is 1. The van der Waals surface area contributed by atoms with E-state index in [2.05, 4.69) is 16.8 Å². The first-order valence-electron chi connectivity index (χ1n) is 11.8. The first-order valence-corrected chi connectivity index (χ1v) is 13.0. The second-order valence-electron chi connectivity index (χ2n) is 9.43. The predicted molar refractivity (Wildman–Crippen MR) is 142 cm³/mol. The lowest BCUT2D eigenvalue weighted by Gasteiger charge is -2.42. The molecule has 0 aromatic carbocycles. The maximum atomic E-state index is 10.1. The molecule has 0 aliphatic carbocycles. The second-order valence-corrected chi connectivity index (χ2v) is 10.8. The van der Waals surface area contributed by atoms with Crippen LogP contribution in [0.3, 0.4) is 0 Å². The summed E-state index contributed by atoms with van der Waals surface area (Å²) in [6.45, 7) is 6.55. The molecule has 2 aliphatic rings. The quantitative estimate of drug-likeness (QED) is 0.471. The Balaban J connectivity index is 0.00000304. The van der Waals surface area contributed by atoms with Crippen LogP contribution in [-0.4, -0.2) is 63.4 Å². The van der Waals surface area contributed by atoms with Gasteiger partial charge in [-0.2, -0.15) is 0 Å². The Morgan fingerprint density at radius 2 is 2.06 bits per heavy atom. The minimum Gasteiger partial charge on any atom is -0.390 e. The summed E-state index contributed by atoms with van der Waals surface area (Å²) in [6.07, 6.45) is 5.78. The fourth-order valence-corrected chi connectivity index (χ4v) is 6.26. The van der Waals surface area contributed by atoms with Crippen molar-refractivity contribution in [3.8, 4) is 0 Å². The summed E-state index contributed by atoms with van der Waals surface area (Å²) >= 11 is 8.12. The number of fused-ring (bicyclic) bond motifs is 1. The Kier molecular flexibility index (Phi) is 8.35. The van der Waals surface area contributed by atoms with Gasteiger partial charge in [0.05, 0.1) is 42.3 Å². The number of aromatic nitrogens is 4. The van der Waals surface area contributed by atoms with Crippen LogP contribution < -0.4 is 10.6 Å². The molecule has 5 rings (SSSR count). The molecule has 3 aromatic heterocycles. The number of piperidine rings is 1. The SMILES string of the molecule is COCc1cn2ccc(Sc3nc(CO)c(N4CCC5(CC4)CO[C@@H](C)[C@H]5N)nc3C)c(Cl)c2n1.Cl. The number of nitrogens with zero attached hydrogens (tertiary/aromatic N) is 5. The zero-order valence-electron chi connectivity index (χ0n) is 20.6. The number of ether oxygens (including phenoxy) is 2. The highest BCUT2D eigenvalue weighted by molar-refractivity contribution is 7.99. The number of hydrogen-bond acceptors (Lipinski definition) is 9. The monoisotopic (exact) mass is 554 g/mol. The molecule has 12 heteroatoms. The van der Waals surface area contributed by atoms with E-state index in [1.54, 1.807) is 7.11 Å². The number of imidazole rings is 1. The van der Waals surface area contributed by atoms with Crippen molar-refractivity contribution in [1.82, 2.24) is 19.4 Å². The Labute approximate surface area is 226 Å². The molecule has 1 spiro atoms. The lowest BCUT2D eigenvalue weighted by atomic mass is 9.73. The van der Waals surface area contributed by atoms with E-state index in [9.17, 15) is 5.11 Å². The Morgan fingerprint density at radius 1 is 1.31 bits per heavy atom. The summed E-state index contributed by atoms with van der Waals surface area (Å²) < 4.78 is 12.9. The Bertz CT molecular complexity index is 1230. The van der Waals surface area contributed by atoms with Gasteiger partial charge in [0.15, 0.2) is 11.5 Å². The predicted octanol–water partition coefficient (Wildman–Crippen LogP) is 3.63. The lowest BCUT2D eigenvalue weighted by Crippen LogP contribution is -2.51. The van der Waals surface area contributed by atoms with Gasteiger partial charge in [-0.3, -0.25) is 0 Å². The highest BCUT2D eigenvalue weighted by Gasteiger charge is 2.47. The van der Waals surface area contributed by atoms with E-state index >= 15 is 0 Å². The van der Waals surface area contributed by atoms with E-state index in [1.165, 1.54) is 11.8 Å². The van der Waals surface area contributed by atoms with Crippen molar-refractivity contribution in [2.75, 3.05) is 31.7 Å². The minimum atomic E-state index is -0.190. The van der Waals surface area contributed by atoms with E-state index in [0.29, 0.717) is 34.6 Å². The standard InChI is InChI=1S/C24H31ClN6O3S.ClH/c1-14-23(35-18-4-7-31-10-16(12-33-3)28-22(31)19(18)25)29-17(11-32)21(27-14)30-8-5-24(6-9-30)13-34-15(2)20(24)26;/h4,7,10,15,20,32H,5-6,8-9,11-13,26H2,1-3H3;1H/t15-,20+;/m0./s1. The third-order valence-electron chi connectivity index (χ3n) is 7.21. The maximum absolute atomic E-state index is 10.1. The third kappa shape index (κ3) is 4.92. The smallest absolute Gasteiger partial charge is 0.157 e. The lowest BCUT2D eigenvalue weighted by molar-refractivity contribution is 0.0973. The molecule has 196 valence electrons. The second kappa shape index (κ2) is 11.0. The summed E-state index contributed by atoms with van der Waals surface area (Å²) in [4.78, 5) is 17.3. The molecule has 36 heavy (non-hydrogen) atoms. The third-order valence-corrected chi connectivity index (χ3v) is 8.84. The van der Waals surface area contributed by atoms with Crippen molar-refractivity contribution in [1.29, 1.82) is 0 Å². The summed E-state index contributed by atoms with van der Waals surface area (Å²) in [6, 6.07) is 1.99. The molecular formula is C24H32Cl2N6O3S. The molecule has 2 aliphatic heterocycles. The van der Waals surface area contributed by atoms with Gasteiger partial charge in [-0.05, 0) is 32.8 Å². The van der Waals surface area contributed by atoms with Crippen LogP contribution in [0.15, 0.2) is 28.4 Å². The van der Waals surface area contributed by atoms with Crippen LogP contribution in [-0.2, 0) is 22.7 Å². The van der Waals surface area contributed by atoms with Crippen molar-refractivity contribution in [2.45, 2.75) is 62.0 Å². The molecule has 0 radical (unpaired) electrons. The average Bonchev–Trinajstić information content (AvgIpc) is 3.39. The molecule has 9 nitrogen and oxygen atoms in total. The molecule has 0 amide bonds. The number of methoxy groups -OCH3 is 1. The molecule has 3 aromatic rings. The van der Waals surface area contributed by atoms with Crippen LogP contribution in [0.25, 0.3) is 5.65 Å². The Morgan fingerprint density at radius 3 is 2.69 bits per heavy atom. The van der Waals surface area contributed by atoms with Crippen LogP contribution in [0.5, 0.6) is 0 Å². The zero-order valence-corrected chi connectivity index (χ0v) is 23.0. The van der Waals surface area contributed by atoms with Crippen LogP contribution in [0.1, 0.15) is 36.8 Å². The first-order chi connectivity index (χ1) is 16.8. The topological polar surface area (TPSA) is 111 Å². The molecule has 2 saturated heterocycles. The fourth-order valence-electron chi connectivity index (χ4n) is 5.07. The highest BCUT2D eigenvalue weighted by atomic mass is 35.5. The minimum absolute atomic E-state index is 0. The van der Waals surface area contributed by atoms with Gasteiger partial charge in [0, 0.05) is 48.9 Å². The number of hydrogen-bond donors (Lipinski definition) is 2.